The summed E-state index contributed by atoms with van der Waals surface area (Å²) >= 11 is 0. The first-order chi connectivity index (χ1) is 21.6. The van der Waals surface area contributed by atoms with Crippen LogP contribution in [0.15, 0.2) is 30.5 Å². The number of benzene rings is 1. The van der Waals surface area contributed by atoms with Crippen molar-refractivity contribution in [3.63, 3.8) is 0 Å². The fourth-order valence-corrected chi connectivity index (χ4v) is 4.41. The molecule has 0 saturated carbocycles. The van der Waals surface area contributed by atoms with Crippen LogP contribution >= 0.6 is 0 Å². The van der Waals surface area contributed by atoms with Crippen molar-refractivity contribution >= 4 is 52.4 Å². The average Bonchev–Trinajstić information content (AvgIpc) is 3.01. The monoisotopic (exact) mass is 624 g/mol. The number of hydrogen-bond donors (Lipinski definition) is 3. The topological polar surface area (TPSA) is 215 Å². The van der Waals surface area contributed by atoms with Crippen LogP contribution in [0.5, 0.6) is 0 Å². The van der Waals surface area contributed by atoms with Crippen LogP contribution in [-0.4, -0.2) is 76.2 Å². The molecule has 0 saturated heterocycles. The maximum absolute atomic E-state index is 13.1. The Hall–Kier alpha value is -5.08. The third-order valence-corrected chi connectivity index (χ3v) is 6.53. The number of aromatic nitrogens is 4. The maximum atomic E-state index is 13.1. The van der Waals surface area contributed by atoms with Gasteiger partial charge in [-0.25, -0.2) is 14.8 Å². The number of nitrogens with two attached hydrogens (primary N) is 2. The van der Waals surface area contributed by atoms with E-state index in [4.69, 9.17) is 25.7 Å². The second kappa shape index (κ2) is 17.3. The van der Waals surface area contributed by atoms with E-state index in [2.05, 4.69) is 25.3 Å². The third-order valence-electron chi connectivity index (χ3n) is 6.53. The number of nitrogens with one attached hydrogen (secondary N) is 1. The molecule has 242 valence electrons. The molecule has 0 aliphatic heterocycles. The van der Waals surface area contributed by atoms with E-state index in [1.165, 1.54) is 0 Å². The molecular formula is C30H40N8O7. The maximum Gasteiger partial charge on any atom is 0.328 e. The summed E-state index contributed by atoms with van der Waals surface area (Å²) in [6, 6.07) is 5.78. The zero-order valence-electron chi connectivity index (χ0n) is 25.8. The minimum Gasteiger partial charge on any atom is -0.466 e. The number of esters is 3. The van der Waals surface area contributed by atoms with Gasteiger partial charge in [-0.05, 0) is 64.3 Å². The first-order valence-corrected chi connectivity index (χ1v) is 14.8. The molecule has 1 amide bonds. The van der Waals surface area contributed by atoms with Crippen LogP contribution in [0.25, 0.3) is 11.2 Å². The second-order valence-electron chi connectivity index (χ2n) is 9.85. The van der Waals surface area contributed by atoms with Gasteiger partial charge in [-0.15, -0.1) is 0 Å². The van der Waals surface area contributed by atoms with Gasteiger partial charge in [-0.1, -0.05) is 0 Å². The van der Waals surface area contributed by atoms with Gasteiger partial charge in [-0.2, -0.15) is 9.97 Å². The number of nitrogens with zero attached hydrogens (tertiary/aromatic N) is 5. The Balaban J connectivity index is 1.77. The molecule has 0 bridgehead atoms. The largest absolute Gasteiger partial charge is 0.466 e. The summed E-state index contributed by atoms with van der Waals surface area (Å²) < 4.78 is 15.0. The van der Waals surface area contributed by atoms with Crippen molar-refractivity contribution < 1.29 is 33.4 Å². The Morgan fingerprint density at radius 2 is 1.53 bits per heavy atom. The Morgan fingerprint density at radius 1 is 0.867 bits per heavy atom. The molecular weight excluding hydrogens is 584 g/mol. The number of amides is 1. The van der Waals surface area contributed by atoms with E-state index < -0.39 is 23.9 Å². The number of rotatable bonds is 17. The Labute approximate surface area is 261 Å². The molecule has 0 spiro atoms. The SMILES string of the molecule is CCOC(=O)CCCCN(Cc1cnc2nc(N)nc(N)c2n1)c1ccc(C(=O)N[C@@H](CCC(=O)OCC)C(=O)OCC)cc1. The van der Waals surface area contributed by atoms with E-state index in [0.717, 1.165) is 5.69 Å². The Morgan fingerprint density at radius 3 is 2.20 bits per heavy atom. The minimum absolute atomic E-state index is 0.00183. The van der Waals surface area contributed by atoms with E-state index in [1.807, 2.05) is 4.90 Å². The fraction of sp³-hybridized carbons (Fsp3) is 0.467. The summed E-state index contributed by atoms with van der Waals surface area (Å²) in [5.41, 5.74) is 14.0. The molecule has 0 unspecified atom stereocenters. The van der Waals surface area contributed by atoms with Crippen LogP contribution in [0.3, 0.4) is 0 Å². The lowest BCUT2D eigenvalue weighted by atomic mass is 10.1. The molecule has 0 radical (unpaired) electrons. The molecule has 5 N–H and O–H groups in total. The molecule has 1 atom stereocenters. The van der Waals surface area contributed by atoms with Crippen molar-refractivity contribution in [1.82, 2.24) is 25.3 Å². The molecule has 0 aliphatic rings. The van der Waals surface area contributed by atoms with Gasteiger partial charge in [0.15, 0.2) is 17.0 Å². The zero-order chi connectivity index (χ0) is 32.8. The number of fused-ring (bicyclic) bond motifs is 1. The molecule has 2 heterocycles. The van der Waals surface area contributed by atoms with Crippen LogP contribution in [0.2, 0.25) is 0 Å². The number of carbonyl (C=O) groups excluding carboxylic acids is 4. The molecule has 0 aliphatic carbocycles. The quantitative estimate of drug-likeness (QED) is 0.112. The van der Waals surface area contributed by atoms with Crippen molar-refractivity contribution in [3.8, 4) is 0 Å². The van der Waals surface area contributed by atoms with Gasteiger partial charge in [0.05, 0.1) is 38.3 Å². The molecule has 3 aromatic rings. The predicted molar refractivity (Wildman–Crippen MR) is 166 cm³/mol. The second-order valence-corrected chi connectivity index (χ2v) is 9.85. The third kappa shape index (κ3) is 10.5. The first-order valence-electron chi connectivity index (χ1n) is 14.8. The summed E-state index contributed by atoms with van der Waals surface area (Å²) in [5, 5.41) is 2.66. The number of anilines is 3. The highest BCUT2D eigenvalue weighted by molar-refractivity contribution is 5.97. The highest BCUT2D eigenvalue weighted by Gasteiger charge is 2.24. The average molecular weight is 625 g/mol. The summed E-state index contributed by atoms with van der Waals surface area (Å²) in [5.74, 6) is -1.74. The van der Waals surface area contributed by atoms with Crippen molar-refractivity contribution in [2.24, 2.45) is 0 Å². The lowest BCUT2D eigenvalue weighted by Crippen LogP contribution is -2.42. The van der Waals surface area contributed by atoms with Crippen molar-refractivity contribution in [3.05, 3.63) is 41.7 Å². The van der Waals surface area contributed by atoms with E-state index >= 15 is 0 Å². The van der Waals surface area contributed by atoms with Gasteiger partial charge in [-0.3, -0.25) is 14.4 Å². The zero-order valence-corrected chi connectivity index (χ0v) is 25.8. The number of nitrogen functional groups attached to an aromatic ring is 2. The highest BCUT2D eigenvalue weighted by atomic mass is 16.5. The first kappa shape index (κ1) is 34.4. The predicted octanol–water partition coefficient (Wildman–Crippen LogP) is 2.33. The molecule has 15 heteroatoms. The van der Waals surface area contributed by atoms with Gasteiger partial charge >= 0.3 is 17.9 Å². The molecule has 1 aromatic carbocycles. The smallest absolute Gasteiger partial charge is 0.328 e. The molecule has 0 fully saturated rings. The van der Waals surface area contributed by atoms with Crippen LogP contribution in [0.4, 0.5) is 17.5 Å². The van der Waals surface area contributed by atoms with Crippen LogP contribution < -0.4 is 21.7 Å². The standard InChI is InChI=1S/C30H40N8O7/c1-4-43-23(39)9-7-8-16-38(18-20-17-33-27-25(34-20)26(31)36-30(32)37-27)21-12-10-19(11-13-21)28(41)35-22(29(42)45-6-3)14-15-24(40)44-5-2/h10-13,17,22H,4-9,14-16,18H2,1-3H3,(H,35,41)(H4,31,32,33,36,37)/t22-/m0/s1. The minimum atomic E-state index is -1.02. The summed E-state index contributed by atoms with van der Waals surface area (Å²) in [7, 11) is 0. The summed E-state index contributed by atoms with van der Waals surface area (Å²) in [6.45, 7) is 6.67. The van der Waals surface area contributed by atoms with E-state index in [1.54, 1.807) is 51.2 Å². The fourth-order valence-electron chi connectivity index (χ4n) is 4.41. The van der Waals surface area contributed by atoms with Crippen LogP contribution in [-0.2, 0) is 35.1 Å². The normalized spacial score (nSPS) is 11.4. The van der Waals surface area contributed by atoms with Crippen molar-refractivity contribution in [2.45, 2.75) is 65.5 Å². The number of ether oxygens (including phenoxy) is 3. The number of hydrogen-bond acceptors (Lipinski definition) is 14. The Kier molecular flexibility index (Phi) is 13.2. The molecule has 3 rings (SSSR count). The Bertz CT molecular complexity index is 1470. The van der Waals surface area contributed by atoms with Crippen molar-refractivity contribution in [1.29, 1.82) is 0 Å². The van der Waals surface area contributed by atoms with Gasteiger partial charge in [0.2, 0.25) is 5.95 Å². The summed E-state index contributed by atoms with van der Waals surface area (Å²) in [6.07, 6.45) is 3.14. The van der Waals surface area contributed by atoms with Gasteiger partial charge in [0, 0.05) is 30.6 Å². The lowest BCUT2D eigenvalue weighted by Gasteiger charge is -2.25. The van der Waals surface area contributed by atoms with E-state index in [0.29, 0.717) is 55.7 Å². The van der Waals surface area contributed by atoms with E-state index in [9.17, 15) is 19.2 Å². The summed E-state index contributed by atoms with van der Waals surface area (Å²) in [4.78, 5) is 68.2. The van der Waals surface area contributed by atoms with Gasteiger partial charge in [0.25, 0.3) is 5.91 Å². The number of carbonyl (C=O) groups is 4. The van der Waals surface area contributed by atoms with Gasteiger partial charge in [0.1, 0.15) is 6.04 Å². The molecule has 15 nitrogen and oxygen atoms in total. The number of unbranched alkanes of at least 4 members (excludes halogenated alkanes) is 1. The van der Waals surface area contributed by atoms with Crippen molar-refractivity contribution in [2.75, 3.05) is 42.7 Å². The van der Waals surface area contributed by atoms with Crippen LogP contribution in [0, 0.1) is 0 Å². The van der Waals surface area contributed by atoms with E-state index in [-0.39, 0.29) is 49.4 Å². The van der Waals surface area contributed by atoms with Crippen LogP contribution in [0.1, 0.15) is 68.9 Å². The highest BCUT2D eigenvalue weighted by Crippen LogP contribution is 2.21. The molecule has 2 aromatic heterocycles. The molecule has 45 heavy (non-hydrogen) atoms. The lowest BCUT2D eigenvalue weighted by molar-refractivity contribution is -0.147. The van der Waals surface area contributed by atoms with Gasteiger partial charge < -0.3 is 35.9 Å².